The molecule has 2 aromatic carbocycles. The van der Waals surface area contributed by atoms with E-state index in [-0.39, 0.29) is 12.6 Å². The van der Waals surface area contributed by atoms with Crippen molar-refractivity contribution >= 4 is 44.9 Å². The minimum Gasteiger partial charge on any atom is -0.373 e. The number of carbonyl (C=O) groups excluding carboxylic acids is 2. The number of anilines is 2. The molecular formula is C17H15ClF3N3O5S. The molecule has 4 N–H and O–H groups in total. The van der Waals surface area contributed by atoms with Crippen LogP contribution in [0.4, 0.5) is 29.3 Å². The molecule has 0 saturated carbocycles. The molecule has 0 fully saturated rings. The third kappa shape index (κ3) is 5.40. The number of benzene rings is 2. The summed E-state index contributed by atoms with van der Waals surface area (Å²) >= 11 is 5.84. The van der Waals surface area contributed by atoms with Gasteiger partial charge in [0, 0.05) is 5.69 Å². The summed E-state index contributed by atoms with van der Waals surface area (Å²) in [6.45, 7) is 0.254. The van der Waals surface area contributed by atoms with Crippen LogP contribution in [-0.4, -0.2) is 37.2 Å². The Kier molecular flexibility index (Phi) is 6.64. The Bertz CT molecular complexity index is 1060. The van der Waals surface area contributed by atoms with E-state index in [1.807, 2.05) is 0 Å². The van der Waals surface area contributed by atoms with Crippen LogP contribution in [0.2, 0.25) is 5.02 Å². The molecule has 1 atom stereocenters. The largest absolute Gasteiger partial charge is 0.426 e. The summed E-state index contributed by atoms with van der Waals surface area (Å²) in [5.41, 5.74) is -3.74. The molecule has 1 unspecified atom stereocenters. The Labute approximate surface area is 174 Å². The van der Waals surface area contributed by atoms with Gasteiger partial charge >= 0.3 is 12.2 Å². The fraction of sp³-hybridized carbons (Fsp3) is 0.176. The van der Waals surface area contributed by atoms with Crippen LogP contribution in [-0.2, 0) is 14.8 Å². The van der Waals surface area contributed by atoms with E-state index in [9.17, 15) is 36.3 Å². The van der Waals surface area contributed by atoms with Crippen molar-refractivity contribution in [2.75, 3.05) is 10.6 Å². The molecule has 0 aliphatic rings. The van der Waals surface area contributed by atoms with E-state index in [0.717, 1.165) is 18.2 Å². The van der Waals surface area contributed by atoms with Gasteiger partial charge in [0.05, 0.1) is 15.6 Å². The molecule has 162 valence electrons. The van der Waals surface area contributed by atoms with Crippen molar-refractivity contribution in [3.05, 3.63) is 53.6 Å². The van der Waals surface area contributed by atoms with E-state index in [1.54, 1.807) is 28.2 Å². The lowest BCUT2D eigenvalue weighted by molar-refractivity contribution is -0.242. The molecule has 2 rings (SSSR count). The van der Waals surface area contributed by atoms with Gasteiger partial charge in [-0.05, 0) is 37.3 Å². The van der Waals surface area contributed by atoms with Crippen LogP contribution in [0.1, 0.15) is 6.92 Å². The minimum atomic E-state index is -5.25. The highest BCUT2D eigenvalue weighted by Gasteiger charge is 2.55. The molecule has 0 radical (unpaired) electrons. The summed E-state index contributed by atoms with van der Waals surface area (Å²) in [5, 5.41) is 13.0. The first-order chi connectivity index (χ1) is 13.7. The second kappa shape index (κ2) is 8.50. The number of hydrogen-bond donors (Lipinski definition) is 4. The quantitative estimate of drug-likeness (QED) is 0.540. The van der Waals surface area contributed by atoms with Crippen LogP contribution < -0.4 is 15.4 Å². The number of aliphatic hydroxyl groups is 1. The van der Waals surface area contributed by atoms with Crippen molar-refractivity contribution in [3.8, 4) is 0 Å². The smallest absolute Gasteiger partial charge is 0.373 e. The fourth-order valence-electron chi connectivity index (χ4n) is 2.00. The Morgan fingerprint density at radius 2 is 1.63 bits per heavy atom. The number of nitrogens with one attached hydrogen (secondary N) is 3. The summed E-state index contributed by atoms with van der Waals surface area (Å²) in [6, 6.07) is 9.55. The van der Waals surface area contributed by atoms with Gasteiger partial charge in [-0.15, -0.1) is 0 Å². The highest BCUT2D eigenvalue weighted by molar-refractivity contribution is 7.90. The maximum Gasteiger partial charge on any atom is 0.426 e. The molecule has 8 nitrogen and oxygen atoms in total. The Morgan fingerprint density at radius 1 is 1.03 bits per heavy atom. The van der Waals surface area contributed by atoms with Crippen LogP contribution in [0.15, 0.2) is 53.4 Å². The van der Waals surface area contributed by atoms with Gasteiger partial charge in [-0.25, -0.2) is 17.9 Å². The first-order valence-corrected chi connectivity index (χ1v) is 9.89. The third-order valence-corrected chi connectivity index (χ3v) is 5.39. The molecule has 2 aromatic rings. The molecular weight excluding hydrogens is 451 g/mol. The number of alkyl halides is 3. The minimum absolute atomic E-state index is 0.254. The van der Waals surface area contributed by atoms with Crippen molar-refractivity contribution in [2.45, 2.75) is 23.6 Å². The van der Waals surface area contributed by atoms with E-state index in [2.05, 4.69) is 5.32 Å². The summed E-state index contributed by atoms with van der Waals surface area (Å²) in [6.07, 6.45) is -5.25. The topological polar surface area (TPSA) is 125 Å². The monoisotopic (exact) mass is 465 g/mol. The van der Waals surface area contributed by atoms with Gasteiger partial charge in [0.1, 0.15) is 0 Å². The highest BCUT2D eigenvalue weighted by Crippen LogP contribution is 2.32. The number of rotatable bonds is 5. The summed E-state index contributed by atoms with van der Waals surface area (Å²) < 4.78 is 64.5. The lowest BCUT2D eigenvalue weighted by Crippen LogP contribution is -2.52. The zero-order valence-electron chi connectivity index (χ0n) is 15.1. The van der Waals surface area contributed by atoms with Gasteiger partial charge < -0.3 is 15.7 Å². The maximum absolute atomic E-state index is 12.7. The molecule has 0 bridgehead atoms. The molecule has 0 aromatic heterocycles. The van der Waals surface area contributed by atoms with Gasteiger partial charge in [-0.3, -0.25) is 4.79 Å². The van der Waals surface area contributed by atoms with Crippen molar-refractivity contribution in [2.24, 2.45) is 0 Å². The van der Waals surface area contributed by atoms with Gasteiger partial charge in [0.2, 0.25) is 5.60 Å². The van der Waals surface area contributed by atoms with E-state index in [4.69, 9.17) is 11.6 Å². The summed E-state index contributed by atoms with van der Waals surface area (Å²) in [7, 11) is -4.39. The van der Waals surface area contributed by atoms with Crippen molar-refractivity contribution < 1.29 is 36.3 Å². The van der Waals surface area contributed by atoms with Gasteiger partial charge in [-0.1, -0.05) is 29.8 Å². The summed E-state index contributed by atoms with van der Waals surface area (Å²) in [5.74, 6) is -1.81. The average Bonchev–Trinajstić information content (AvgIpc) is 2.62. The number of amides is 3. The molecule has 0 heterocycles. The van der Waals surface area contributed by atoms with Gasteiger partial charge in [-0.2, -0.15) is 13.2 Å². The van der Waals surface area contributed by atoms with E-state index in [0.29, 0.717) is 5.69 Å². The summed E-state index contributed by atoms with van der Waals surface area (Å²) in [4.78, 5) is 23.1. The van der Waals surface area contributed by atoms with Crippen molar-refractivity contribution in [1.29, 1.82) is 0 Å². The van der Waals surface area contributed by atoms with Crippen LogP contribution in [0.5, 0.6) is 0 Å². The molecule has 13 heteroatoms. The van der Waals surface area contributed by atoms with Crippen molar-refractivity contribution in [3.63, 3.8) is 0 Å². The van der Waals surface area contributed by atoms with Crippen LogP contribution in [0.25, 0.3) is 0 Å². The standard InChI is InChI=1S/C17H15ClF3N3O5S/c1-16(27,17(19,20)21)14(25)23-13-8-7-11(9-12(13)18)30(28,29)24-15(26)22-10-5-3-2-4-6-10/h2-9,27H,1H3,(H,23,25)(H2,22,24,26). The zero-order valence-corrected chi connectivity index (χ0v) is 16.7. The third-order valence-electron chi connectivity index (χ3n) is 3.75. The predicted octanol–water partition coefficient (Wildman–Crippen LogP) is 3.10. The predicted molar refractivity (Wildman–Crippen MR) is 103 cm³/mol. The molecule has 0 spiro atoms. The van der Waals surface area contributed by atoms with Gasteiger partial charge in [0.15, 0.2) is 0 Å². The average molecular weight is 466 g/mol. The Morgan fingerprint density at radius 3 is 2.17 bits per heavy atom. The number of hydrogen-bond acceptors (Lipinski definition) is 5. The molecule has 30 heavy (non-hydrogen) atoms. The maximum atomic E-state index is 12.7. The molecule has 0 aliphatic heterocycles. The molecule has 0 saturated heterocycles. The van der Waals surface area contributed by atoms with Crippen LogP contribution in [0, 0.1) is 0 Å². The second-order valence-corrected chi connectivity index (χ2v) is 8.18. The van der Waals surface area contributed by atoms with Gasteiger partial charge in [0.25, 0.3) is 15.9 Å². The molecule has 0 aliphatic carbocycles. The fourth-order valence-corrected chi connectivity index (χ4v) is 3.22. The Hall–Kier alpha value is -2.83. The zero-order chi connectivity index (χ0) is 22.7. The first-order valence-electron chi connectivity index (χ1n) is 8.03. The number of para-hydroxylation sites is 1. The van der Waals surface area contributed by atoms with E-state index in [1.165, 1.54) is 12.1 Å². The van der Waals surface area contributed by atoms with Crippen LogP contribution >= 0.6 is 11.6 Å². The Balaban J connectivity index is 2.15. The van der Waals surface area contributed by atoms with E-state index >= 15 is 0 Å². The number of urea groups is 1. The first kappa shape index (κ1) is 23.4. The normalized spacial score (nSPS) is 13.8. The number of sulfonamides is 1. The highest BCUT2D eigenvalue weighted by atomic mass is 35.5. The van der Waals surface area contributed by atoms with Crippen LogP contribution in [0.3, 0.4) is 0 Å². The lowest BCUT2D eigenvalue weighted by Gasteiger charge is -2.25. The number of carbonyl (C=O) groups is 2. The van der Waals surface area contributed by atoms with Crippen molar-refractivity contribution in [1.82, 2.24) is 4.72 Å². The van der Waals surface area contributed by atoms with E-state index < -0.39 is 43.7 Å². The molecule has 3 amide bonds. The lowest BCUT2D eigenvalue weighted by atomic mass is 10.1. The second-order valence-electron chi connectivity index (χ2n) is 6.09. The number of halogens is 4. The SMILES string of the molecule is CC(O)(C(=O)Nc1ccc(S(=O)(=O)NC(=O)Nc2ccccc2)cc1Cl)C(F)(F)F.